The number of nitrogen functional groups attached to an aromatic ring is 1. The van der Waals surface area contributed by atoms with Crippen LogP contribution in [0.3, 0.4) is 0 Å². The molecule has 4 rings (SSSR count). The maximum absolute atomic E-state index is 12.3. The van der Waals surface area contributed by atoms with Crippen LogP contribution in [0.2, 0.25) is 0 Å². The Bertz CT molecular complexity index is 1500. The number of fused-ring (bicyclic) bond motifs is 1. The summed E-state index contributed by atoms with van der Waals surface area (Å²) in [5, 5.41) is 15.5. The first-order valence-corrected chi connectivity index (χ1v) is 11.5. The zero-order valence-corrected chi connectivity index (χ0v) is 21.2. The van der Waals surface area contributed by atoms with Gasteiger partial charge in [0, 0.05) is 37.0 Å². The first kappa shape index (κ1) is 24.6. The van der Waals surface area contributed by atoms with Crippen molar-refractivity contribution in [2.45, 2.75) is 33.7 Å². The van der Waals surface area contributed by atoms with Crippen LogP contribution >= 0.6 is 0 Å². The molecule has 0 aliphatic heterocycles. The summed E-state index contributed by atoms with van der Waals surface area (Å²) in [6, 6.07) is 7.41. The van der Waals surface area contributed by atoms with Crippen LogP contribution in [0.1, 0.15) is 52.8 Å². The second-order valence-corrected chi connectivity index (χ2v) is 8.70. The van der Waals surface area contributed by atoms with E-state index < -0.39 is 0 Å². The average Bonchev–Trinajstić information content (AvgIpc) is 3.21. The van der Waals surface area contributed by atoms with Crippen molar-refractivity contribution in [1.29, 1.82) is 5.26 Å². The first-order valence-electron chi connectivity index (χ1n) is 11.5. The van der Waals surface area contributed by atoms with Crippen LogP contribution in [0.4, 0.5) is 5.82 Å². The Labute approximate surface area is 209 Å². The van der Waals surface area contributed by atoms with E-state index in [9.17, 15) is 10.1 Å². The number of nitrogens with zero attached hydrogens (tertiary/aromatic N) is 7. The number of amides is 1. The van der Waals surface area contributed by atoms with Crippen molar-refractivity contribution < 1.29 is 9.53 Å². The molecule has 0 aliphatic carbocycles. The molecule has 0 spiro atoms. The fourth-order valence-electron chi connectivity index (χ4n) is 4.32. The van der Waals surface area contributed by atoms with E-state index in [-0.39, 0.29) is 11.9 Å². The van der Waals surface area contributed by atoms with Gasteiger partial charge in [0.15, 0.2) is 5.65 Å². The maximum atomic E-state index is 12.3. The third-order valence-corrected chi connectivity index (χ3v) is 6.09. The van der Waals surface area contributed by atoms with Gasteiger partial charge in [0.05, 0.1) is 29.3 Å². The van der Waals surface area contributed by atoms with Crippen LogP contribution in [-0.4, -0.2) is 56.2 Å². The predicted molar refractivity (Wildman–Crippen MR) is 137 cm³/mol. The summed E-state index contributed by atoms with van der Waals surface area (Å²) in [6.07, 6.45) is 3.02. The summed E-state index contributed by atoms with van der Waals surface area (Å²) < 4.78 is 7.97. The van der Waals surface area contributed by atoms with Gasteiger partial charge >= 0.3 is 0 Å². The molecule has 1 atom stereocenters. The quantitative estimate of drug-likeness (QED) is 0.438. The lowest BCUT2D eigenvalue weighted by Crippen LogP contribution is -2.22. The zero-order chi connectivity index (χ0) is 26.1. The van der Waals surface area contributed by atoms with E-state index >= 15 is 0 Å². The lowest BCUT2D eigenvalue weighted by Gasteiger charge is -2.23. The molecule has 0 unspecified atom stereocenters. The van der Waals surface area contributed by atoms with Gasteiger partial charge in [-0.3, -0.25) is 9.78 Å². The number of aryl methyl sites for hydroxylation is 2. The van der Waals surface area contributed by atoms with Crippen molar-refractivity contribution in [3.05, 3.63) is 58.8 Å². The Morgan fingerprint density at radius 3 is 2.61 bits per heavy atom. The zero-order valence-electron chi connectivity index (χ0n) is 21.2. The Hall–Kier alpha value is -4.52. The molecule has 0 aliphatic rings. The van der Waals surface area contributed by atoms with E-state index in [0.29, 0.717) is 51.6 Å². The molecule has 0 saturated carbocycles. The second kappa shape index (κ2) is 9.62. The number of nitriles is 1. The van der Waals surface area contributed by atoms with Crippen molar-refractivity contribution in [2.24, 2.45) is 0 Å². The minimum atomic E-state index is -0.301. The molecule has 1 amide bonds. The van der Waals surface area contributed by atoms with Crippen molar-refractivity contribution in [2.75, 3.05) is 26.4 Å². The molecule has 0 saturated heterocycles. The Morgan fingerprint density at radius 1 is 1.25 bits per heavy atom. The minimum Gasteiger partial charge on any atom is -0.493 e. The summed E-state index contributed by atoms with van der Waals surface area (Å²) in [7, 11) is 3.35. The summed E-state index contributed by atoms with van der Waals surface area (Å²) in [5.74, 6) is 0.730. The number of benzene rings is 1. The molecule has 10 nitrogen and oxygen atoms in total. The number of aromatic nitrogens is 5. The smallest absolute Gasteiger partial charge is 0.271 e. The normalized spacial score (nSPS) is 11.8. The van der Waals surface area contributed by atoms with Gasteiger partial charge in [0.25, 0.3) is 5.91 Å². The largest absolute Gasteiger partial charge is 0.493 e. The van der Waals surface area contributed by atoms with Crippen LogP contribution in [0.15, 0.2) is 30.7 Å². The number of hydrogen-bond acceptors (Lipinski definition) is 8. The highest BCUT2D eigenvalue weighted by atomic mass is 16.5. The topological polar surface area (TPSA) is 136 Å². The molecule has 0 bridgehead atoms. The molecule has 3 aromatic heterocycles. The number of nitrogens with two attached hydrogens (primary N) is 1. The average molecular weight is 485 g/mol. The van der Waals surface area contributed by atoms with Gasteiger partial charge in [-0.2, -0.15) is 10.4 Å². The number of anilines is 1. The number of pyridine rings is 1. The molecule has 0 radical (unpaired) electrons. The SMILES string of the molecule is CCOc1c([C@H](C)n2nc(C)c3c(N)ncnc32)cc(C)c(C#N)c1-c1ccc(C(=O)N(C)C)nc1. The van der Waals surface area contributed by atoms with Crippen molar-refractivity contribution in [3.8, 4) is 22.9 Å². The lowest BCUT2D eigenvalue weighted by atomic mass is 9.91. The number of carbonyl (C=O) groups excluding carboxylic acids is 1. The molecule has 1 aromatic carbocycles. The summed E-state index contributed by atoms with van der Waals surface area (Å²) in [5.41, 5.74) is 11.2. The number of carbonyl (C=O) groups is 1. The van der Waals surface area contributed by atoms with E-state index in [0.717, 1.165) is 16.8 Å². The van der Waals surface area contributed by atoms with Gasteiger partial charge in [-0.1, -0.05) is 6.07 Å². The molecule has 2 N–H and O–H groups in total. The van der Waals surface area contributed by atoms with E-state index in [4.69, 9.17) is 15.6 Å². The van der Waals surface area contributed by atoms with Crippen molar-refractivity contribution >= 4 is 22.8 Å². The summed E-state index contributed by atoms with van der Waals surface area (Å²) in [6.45, 7) is 8.03. The van der Waals surface area contributed by atoms with Gasteiger partial charge in [-0.25, -0.2) is 14.6 Å². The van der Waals surface area contributed by atoms with Crippen LogP contribution < -0.4 is 10.5 Å². The van der Waals surface area contributed by atoms with Crippen LogP contribution in [0, 0.1) is 25.2 Å². The third kappa shape index (κ3) is 4.09. The monoisotopic (exact) mass is 484 g/mol. The number of hydrogen-bond donors (Lipinski definition) is 1. The Balaban J connectivity index is 1.94. The second-order valence-electron chi connectivity index (χ2n) is 8.70. The molecule has 0 fully saturated rings. The Kier molecular flexibility index (Phi) is 6.57. The van der Waals surface area contributed by atoms with Gasteiger partial charge < -0.3 is 15.4 Å². The van der Waals surface area contributed by atoms with E-state index in [1.807, 2.05) is 33.8 Å². The fourth-order valence-corrected chi connectivity index (χ4v) is 4.32. The molecule has 36 heavy (non-hydrogen) atoms. The molecule has 184 valence electrons. The van der Waals surface area contributed by atoms with Gasteiger partial charge in [-0.15, -0.1) is 0 Å². The van der Waals surface area contributed by atoms with Crippen LogP contribution in [-0.2, 0) is 0 Å². The predicted octanol–water partition coefficient (Wildman–Crippen LogP) is 3.67. The minimum absolute atomic E-state index is 0.201. The standard InChI is InChI=1S/C26H28N8O2/c1-7-36-23-18(16(4)34-25-21(15(3)32-34)24(28)30-13-31-25)10-14(2)19(11-27)22(23)17-8-9-20(29-12-17)26(35)33(5)6/h8-10,12-13,16H,7H2,1-6H3,(H2,28,30,31)/t16-/m0/s1. The van der Waals surface area contributed by atoms with E-state index in [1.54, 1.807) is 37.1 Å². The molecule has 4 aromatic rings. The highest BCUT2D eigenvalue weighted by Crippen LogP contribution is 2.42. The van der Waals surface area contributed by atoms with E-state index in [1.165, 1.54) is 11.2 Å². The Morgan fingerprint density at radius 2 is 2.00 bits per heavy atom. The van der Waals surface area contributed by atoms with Gasteiger partial charge in [0.2, 0.25) is 0 Å². The first-order chi connectivity index (χ1) is 17.2. The van der Waals surface area contributed by atoms with Gasteiger partial charge in [0.1, 0.15) is 29.7 Å². The van der Waals surface area contributed by atoms with E-state index in [2.05, 4.69) is 21.0 Å². The van der Waals surface area contributed by atoms with Gasteiger partial charge in [-0.05, 0) is 45.4 Å². The summed E-state index contributed by atoms with van der Waals surface area (Å²) >= 11 is 0. The van der Waals surface area contributed by atoms with Crippen LogP contribution in [0.25, 0.3) is 22.2 Å². The van der Waals surface area contributed by atoms with Crippen LogP contribution in [0.5, 0.6) is 5.75 Å². The third-order valence-electron chi connectivity index (χ3n) is 6.09. The number of rotatable bonds is 6. The molecule has 3 heterocycles. The maximum Gasteiger partial charge on any atom is 0.271 e. The molecule has 10 heteroatoms. The highest BCUT2D eigenvalue weighted by Gasteiger charge is 2.26. The van der Waals surface area contributed by atoms with Crippen molar-refractivity contribution in [1.82, 2.24) is 29.6 Å². The summed E-state index contributed by atoms with van der Waals surface area (Å²) in [4.78, 5) is 26.7. The molecular formula is C26H28N8O2. The lowest BCUT2D eigenvalue weighted by molar-refractivity contribution is 0.0822. The highest BCUT2D eigenvalue weighted by molar-refractivity contribution is 5.92. The number of ether oxygens (including phenoxy) is 1. The fraction of sp³-hybridized carbons (Fsp3) is 0.308. The van der Waals surface area contributed by atoms with Crippen molar-refractivity contribution in [3.63, 3.8) is 0 Å². The molecular weight excluding hydrogens is 456 g/mol.